The molecule has 0 spiro atoms. The molecule has 4 atom stereocenters. The quantitative estimate of drug-likeness (QED) is 0.155. The van der Waals surface area contributed by atoms with Gasteiger partial charge in [0.2, 0.25) is 5.82 Å². The van der Waals surface area contributed by atoms with Crippen LogP contribution in [0.4, 0.5) is 26.3 Å². The normalized spacial score (nSPS) is 25.4. The molecule has 7 nitrogen and oxygen atoms in total. The van der Waals surface area contributed by atoms with Gasteiger partial charge in [-0.05, 0) is 19.1 Å². The van der Waals surface area contributed by atoms with Crippen molar-refractivity contribution >= 4 is 16.9 Å². The number of fused-ring (bicyclic) bond motifs is 1. The first kappa shape index (κ1) is 24.6. The van der Waals surface area contributed by atoms with Gasteiger partial charge in [0, 0.05) is 23.5 Å². The van der Waals surface area contributed by atoms with Gasteiger partial charge in [0.15, 0.2) is 23.0 Å². The zero-order valence-electron chi connectivity index (χ0n) is 18.5. The molecule has 0 aliphatic carbocycles. The summed E-state index contributed by atoms with van der Waals surface area (Å²) in [6.07, 6.45) is -6.26. The molecule has 4 rings (SSSR count). The molecule has 1 aliphatic heterocycles. The number of hydrogen-bond acceptors (Lipinski definition) is 5. The predicted molar refractivity (Wildman–Crippen MR) is 112 cm³/mol. The van der Waals surface area contributed by atoms with E-state index in [2.05, 4.69) is 15.1 Å². The summed E-state index contributed by atoms with van der Waals surface area (Å²) in [6.45, 7) is 2.13. The van der Waals surface area contributed by atoms with Crippen molar-refractivity contribution in [3.63, 3.8) is 0 Å². The van der Waals surface area contributed by atoms with Crippen molar-refractivity contribution in [3.8, 4) is 5.75 Å². The molecule has 13 heteroatoms. The average molecular weight is 502 g/mol. The number of H-pyrrole nitrogens is 1. The highest BCUT2D eigenvalue weighted by Crippen LogP contribution is 2.59. The van der Waals surface area contributed by atoms with Crippen molar-refractivity contribution in [2.45, 2.75) is 37.6 Å². The van der Waals surface area contributed by atoms with Crippen LogP contribution in [0.25, 0.3) is 11.0 Å². The summed E-state index contributed by atoms with van der Waals surface area (Å²) in [5.74, 6) is -7.17. The van der Waals surface area contributed by atoms with Gasteiger partial charge < -0.3 is 25.4 Å². The van der Waals surface area contributed by atoms with Crippen LogP contribution in [0.2, 0.25) is 0 Å². The van der Waals surface area contributed by atoms with Crippen LogP contribution < -0.4 is 10.5 Å². The van der Waals surface area contributed by atoms with E-state index >= 15 is 0 Å². The summed E-state index contributed by atoms with van der Waals surface area (Å²) in [4.78, 5) is 6.99. The molecule has 35 heavy (non-hydrogen) atoms. The van der Waals surface area contributed by atoms with Crippen LogP contribution in [0.15, 0.2) is 29.4 Å². The molecule has 1 saturated heterocycles. The molecule has 4 N–H and O–H groups in total. The summed E-state index contributed by atoms with van der Waals surface area (Å²) in [6, 6.07) is 4.05. The second-order valence-corrected chi connectivity index (χ2v) is 8.40. The Labute approximate surface area is 194 Å². The van der Waals surface area contributed by atoms with Crippen LogP contribution in [0.3, 0.4) is 0 Å². The first-order chi connectivity index (χ1) is 16.3. The minimum absolute atomic E-state index is 0.0548. The number of aromatic nitrogens is 2. The standard InChI is InChI=1S/C22H20F6N4O3/c1-8-15(9-4-5-11(23)16(25)17(9)34-3)18(35-21(8,2)22(26,27)28)20-30-13-6-10(19(29)32-33)12(24)7-14(13)31-20/h4-8,15,18,33H,1-3H3,(H2,29,32)(H,30,31)/t8-,15-,18+,21+/m0/s1. The molecule has 3 aromatic rings. The van der Waals surface area contributed by atoms with Crippen molar-refractivity contribution in [3.05, 3.63) is 58.7 Å². The number of methoxy groups -OCH3 is 1. The number of benzene rings is 2. The minimum Gasteiger partial charge on any atom is -0.493 e. The molecular weight excluding hydrogens is 482 g/mol. The minimum atomic E-state index is -4.83. The highest BCUT2D eigenvalue weighted by atomic mass is 19.4. The number of nitrogens with two attached hydrogens (primary N) is 1. The van der Waals surface area contributed by atoms with Crippen molar-refractivity contribution in [1.29, 1.82) is 0 Å². The van der Waals surface area contributed by atoms with Crippen molar-refractivity contribution in [2.75, 3.05) is 7.11 Å². The van der Waals surface area contributed by atoms with E-state index in [0.29, 0.717) is 0 Å². The fourth-order valence-corrected chi connectivity index (χ4v) is 4.48. The predicted octanol–water partition coefficient (Wildman–Crippen LogP) is 4.90. The van der Waals surface area contributed by atoms with E-state index in [0.717, 1.165) is 38.3 Å². The van der Waals surface area contributed by atoms with Gasteiger partial charge >= 0.3 is 6.18 Å². The number of rotatable bonds is 4. The largest absolute Gasteiger partial charge is 0.493 e. The molecular formula is C22H20F6N4O3. The van der Waals surface area contributed by atoms with Crippen molar-refractivity contribution < 1.29 is 41.0 Å². The van der Waals surface area contributed by atoms with E-state index in [-0.39, 0.29) is 28.0 Å². The van der Waals surface area contributed by atoms with Crippen LogP contribution in [-0.4, -0.2) is 39.9 Å². The van der Waals surface area contributed by atoms with Gasteiger partial charge in [0.1, 0.15) is 17.7 Å². The Hall–Kier alpha value is -3.48. The van der Waals surface area contributed by atoms with E-state index < -0.39 is 58.8 Å². The van der Waals surface area contributed by atoms with Gasteiger partial charge in [-0.3, -0.25) is 0 Å². The molecule has 2 aromatic carbocycles. The third-order valence-corrected chi connectivity index (χ3v) is 6.55. The zero-order chi connectivity index (χ0) is 25.9. The summed E-state index contributed by atoms with van der Waals surface area (Å²) in [7, 11) is 1.07. The maximum Gasteiger partial charge on any atom is 0.417 e. The molecule has 1 aliphatic rings. The lowest BCUT2D eigenvalue weighted by atomic mass is 9.77. The number of alkyl halides is 3. The number of imidazole rings is 1. The van der Waals surface area contributed by atoms with E-state index in [9.17, 15) is 26.3 Å². The van der Waals surface area contributed by atoms with E-state index in [1.807, 2.05) is 0 Å². The Balaban J connectivity index is 1.92. The number of ether oxygens (including phenoxy) is 2. The fourth-order valence-electron chi connectivity index (χ4n) is 4.48. The zero-order valence-corrected chi connectivity index (χ0v) is 18.5. The molecule has 0 unspecified atom stereocenters. The lowest BCUT2D eigenvalue weighted by molar-refractivity contribution is -0.275. The van der Waals surface area contributed by atoms with Gasteiger partial charge in [0.05, 0.1) is 23.7 Å². The first-order valence-corrected chi connectivity index (χ1v) is 10.3. The summed E-state index contributed by atoms with van der Waals surface area (Å²) in [5, 5.41) is 11.6. The van der Waals surface area contributed by atoms with Crippen LogP contribution in [0.1, 0.15) is 42.8 Å². The van der Waals surface area contributed by atoms with Crippen molar-refractivity contribution in [2.24, 2.45) is 16.8 Å². The average Bonchev–Trinajstić information content (AvgIpc) is 3.33. The molecule has 0 amide bonds. The lowest BCUT2D eigenvalue weighted by Crippen LogP contribution is -2.46. The summed E-state index contributed by atoms with van der Waals surface area (Å²) >= 11 is 0. The third-order valence-electron chi connectivity index (χ3n) is 6.55. The Morgan fingerprint density at radius 2 is 1.91 bits per heavy atom. The second kappa shape index (κ2) is 8.33. The van der Waals surface area contributed by atoms with Gasteiger partial charge in [-0.1, -0.05) is 18.1 Å². The number of amidine groups is 1. The number of hydrogen-bond donors (Lipinski definition) is 3. The first-order valence-electron chi connectivity index (χ1n) is 10.3. The van der Waals surface area contributed by atoms with E-state index in [1.54, 1.807) is 0 Å². The van der Waals surface area contributed by atoms with Crippen LogP contribution in [0.5, 0.6) is 5.75 Å². The number of nitrogens with zero attached hydrogens (tertiary/aromatic N) is 2. The van der Waals surface area contributed by atoms with E-state index in [1.165, 1.54) is 6.92 Å². The number of aromatic amines is 1. The van der Waals surface area contributed by atoms with Crippen LogP contribution in [-0.2, 0) is 4.74 Å². The Bertz CT molecular complexity index is 1320. The van der Waals surface area contributed by atoms with Gasteiger partial charge in [0.25, 0.3) is 0 Å². The molecule has 1 aromatic heterocycles. The number of oxime groups is 1. The Kier molecular flexibility index (Phi) is 5.86. The highest BCUT2D eigenvalue weighted by Gasteiger charge is 2.65. The smallest absolute Gasteiger partial charge is 0.417 e. The second-order valence-electron chi connectivity index (χ2n) is 8.40. The van der Waals surface area contributed by atoms with Gasteiger partial charge in [-0.15, -0.1) is 0 Å². The maximum absolute atomic E-state index is 14.5. The highest BCUT2D eigenvalue weighted by molar-refractivity contribution is 6.00. The molecule has 0 radical (unpaired) electrons. The number of nitrogens with one attached hydrogen (secondary N) is 1. The fraction of sp³-hybridized carbons (Fsp3) is 0.364. The molecule has 0 saturated carbocycles. The molecule has 0 bridgehead atoms. The topological polar surface area (TPSA) is 106 Å². The van der Waals surface area contributed by atoms with E-state index in [4.69, 9.17) is 20.4 Å². The Morgan fingerprint density at radius 3 is 2.51 bits per heavy atom. The van der Waals surface area contributed by atoms with Gasteiger partial charge in [-0.2, -0.15) is 17.6 Å². The lowest BCUT2D eigenvalue weighted by Gasteiger charge is -2.32. The summed E-state index contributed by atoms with van der Waals surface area (Å²) in [5.41, 5.74) is 2.63. The monoisotopic (exact) mass is 502 g/mol. The van der Waals surface area contributed by atoms with Crippen molar-refractivity contribution in [1.82, 2.24) is 9.97 Å². The maximum atomic E-state index is 14.5. The summed E-state index contributed by atoms with van der Waals surface area (Å²) < 4.78 is 95.6. The van der Waals surface area contributed by atoms with Gasteiger partial charge in [-0.25, -0.2) is 13.8 Å². The molecule has 1 fully saturated rings. The van der Waals surface area contributed by atoms with Crippen LogP contribution >= 0.6 is 0 Å². The van der Waals surface area contributed by atoms with Crippen LogP contribution in [0, 0.1) is 23.4 Å². The molecule has 188 valence electrons. The SMILES string of the molecule is COc1c([C@H]2[C@H](c3nc4cc(C(N)=NO)c(F)cc4[nH]3)O[C@@](C)(C(F)(F)F)[C@H]2C)ccc(F)c1F. The third kappa shape index (κ3) is 3.74. The number of halogens is 6. The molecule has 2 heterocycles. The Morgan fingerprint density at radius 1 is 1.23 bits per heavy atom.